The first-order chi connectivity index (χ1) is 15.9. The molecule has 33 heavy (non-hydrogen) atoms. The number of fused-ring (bicyclic) bond motifs is 1. The van der Waals surface area contributed by atoms with Crippen molar-refractivity contribution in [1.82, 2.24) is 5.32 Å². The van der Waals surface area contributed by atoms with E-state index in [1.807, 2.05) is 12.1 Å². The van der Waals surface area contributed by atoms with Crippen molar-refractivity contribution in [2.45, 2.75) is 11.4 Å². The molecule has 0 aliphatic carbocycles. The zero-order chi connectivity index (χ0) is 23.4. The van der Waals surface area contributed by atoms with Crippen molar-refractivity contribution < 1.29 is 27.4 Å². The molecule has 1 amide bonds. The van der Waals surface area contributed by atoms with E-state index in [0.29, 0.717) is 36.1 Å². The molecule has 1 heterocycles. The fourth-order valence-electron chi connectivity index (χ4n) is 3.37. The zero-order valence-electron chi connectivity index (χ0n) is 18.3. The van der Waals surface area contributed by atoms with E-state index in [0.717, 1.165) is 5.56 Å². The molecular weight excluding hydrogens is 444 g/mol. The van der Waals surface area contributed by atoms with Gasteiger partial charge in [0.05, 0.1) is 17.7 Å². The Balaban J connectivity index is 1.47. The predicted molar refractivity (Wildman–Crippen MR) is 124 cm³/mol. The molecule has 0 fully saturated rings. The smallest absolute Gasteiger partial charge is 0.264 e. The monoisotopic (exact) mass is 468 g/mol. The Morgan fingerprint density at radius 2 is 1.73 bits per heavy atom. The number of nitrogens with one attached hydrogen (secondary N) is 1. The molecule has 0 aromatic heterocycles. The zero-order valence-corrected chi connectivity index (χ0v) is 19.1. The van der Waals surface area contributed by atoms with E-state index in [1.165, 1.54) is 23.5 Å². The average molecular weight is 469 g/mol. The van der Waals surface area contributed by atoms with E-state index < -0.39 is 10.0 Å². The van der Waals surface area contributed by atoms with Crippen LogP contribution in [0.5, 0.6) is 17.2 Å². The SMILES string of the molecule is COc1ccc(N(C)S(=O)(=O)c2cccc(C(=O)NCc3ccc4c(c3)OCCO4)c2)cc1. The summed E-state index contributed by atoms with van der Waals surface area (Å²) in [5.41, 5.74) is 1.57. The second-order valence-electron chi connectivity index (χ2n) is 7.36. The molecule has 9 heteroatoms. The van der Waals surface area contributed by atoms with Gasteiger partial charge in [-0.3, -0.25) is 9.10 Å². The van der Waals surface area contributed by atoms with E-state index in [-0.39, 0.29) is 22.9 Å². The summed E-state index contributed by atoms with van der Waals surface area (Å²) in [6.07, 6.45) is 0. The van der Waals surface area contributed by atoms with E-state index in [4.69, 9.17) is 14.2 Å². The maximum absolute atomic E-state index is 13.1. The number of carbonyl (C=O) groups excluding carboxylic acids is 1. The van der Waals surface area contributed by atoms with Crippen molar-refractivity contribution in [1.29, 1.82) is 0 Å². The molecule has 0 atom stereocenters. The number of benzene rings is 3. The number of carbonyl (C=O) groups is 1. The van der Waals surface area contributed by atoms with Crippen LogP contribution in [0.15, 0.2) is 71.6 Å². The minimum absolute atomic E-state index is 0.0211. The van der Waals surface area contributed by atoms with Crippen LogP contribution in [0.2, 0.25) is 0 Å². The standard InChI is InChI=1S/C24H24N2O6S/c1-26(19-7-9-20(30-2)10-8-19)33(28,29)21-5-3-4-18(15-21)24(27)25-16-17-6-11-22-23(14-17)32-13-12-31-22/h3-11,14-15H,12-13,16H2,1-2H3,(H,25,27). The molecule has 1 aliphatic heterocycles. The lowest BCUT2D eigenvalue weighted by Gasteiger charge is -2.20. The summed E-state index contributed by atoms with van der Waals surface area (Å²) in [6.45, 7) is 1.25. The van der Waals surface area contributed by atoms with Gasteiger partial charge in [-0.1, -0.05) is 12.1 Å². The highest BCUT2D eigenvalue weighted by Crippen LogP contribution is 2.30. The molecule has 8 nitrogen and oxygen atoms in total. The maximum atomic E-state index is 13.1. The quantitative estimate of drug-likeness (QED) is 0.572. The van der Waals surface area contributed by atoms with Crippen LogP contribution in [0, 0.1) is 0 Å². The molecule has 3 aromatic carbocycles. The molecule has 0 saturated heterocycles. The van der Waals surface area contributed by atoms with Crippen molar-refractivity contribution in [3.63, 3.8) is 0 Å². The van der Waals surface area contributed by atoms with Gasteiger partial charge in [-0.15, -0.1) is 0 Å². The molecule has 172 valence electrons. The van der Waals surface area contributed by atoms with Gasteiger partial charge in [0.25, 0.3) is 15.9 Å². The summed E-state index contributed by atoms with van der Waals surface area (Å²) in [5.74, 6) is 1.56. The molecular formula is C24H24N2O6S. The van der Waals surface area contributed by atoms with Crippen molar-refractivity contribution in [3.05, 3.63) is 77.9 Å². The minimum Gasteiger partial charge on any atom is -0.497 e. The molecule has 1 N–H and O–H groups in total. The predicted octanol–water partition coefficient (Wildman–Crippen LogP) is 3.22. The van der Waals surface area contributed by atoms with Crippen LogP contribution in [-0.4, -0.2) is 41.7 Å². The fourth-order valence-corrected chi connectivity index (χ4v) is 4.61. The minimum atomic E-state index is -3.86. The topological polar surface area (TPSA) is 94.2 Å². The van der Waals surface area contributed by atoms with E-state index in [2.05, 4.69) is 5.32 Å². The third-order valence-electron chi connectivity index (χ3n) is 5.25. The van der Waals surface area contributed by atoms with Gasteiger partial charge in [0.1, 0.15) is 19.0 Å². The normalized spacial score (nSPS) is 12.7. The van der Waals surface area contributed by atoms with E-state index >= 15 is 0 Å². The lowest BCUT2D eigenvalue weighted by Crippen LogP contribution is -2.27. The Labute approximate surface area is 192 Å². The number of rotatable bonds is 7. The van der Waals surface area contributed by atoms with Crippen molar-refractivity contribution in [3.8, 4) is 17.2 Å². The Kier molecular flexibility index (Phi) is 6.41. The van der Waals surface area contributed by atoms with Crippen molar-refractivity contribution in [2.75, 3.05) is 31.7 Å². The summed E-state index contributed by atoms with van der Waals surface area (Å²) >= 11 is 0. The van der Waals surface area contributed by atoms with Gasteiger partial charge in [-0.2, -0.15) is 0 Å². The third-order valence-corrected chi connectivity index (χ3v) is 7.03. The lowest BCUT2D eigenvalue weighted by molar-refractivity contribution is 0.0950. The van der Waals surface area contributed by atoms with Crippen LogP contribution in [0.25, 0.3) is 0 Å². The van der Waals surface area contributed by atoms with E-state index in [1.54, 1.807) is 49.6 Å². The van der Waals surface area contributed by atoms with Gasteiger partial charge in [-0.25, -0.2) is 8.42 Å². The number of ether oxygens (including phenoxy) is 3. The molecule has 4 rings (SSSR count). The van der Waals surface area contributed by atoms with E-state index in [9.17, 15) is 13.2 Å². The summed E-state index contributed by atoms with van der Waals surface area (Å²) in [4.78, 5) is 12.7. The number of nitrogens with zero attached hydrogens (tertiary/aromatic N) is 1. The van der Waals surface area contributed by atoms with Crippen LogP contribution in [0.3, 0.4) is 0 Å². The average Bonchev–Trinajstić information content (AvgIpc) is 2.86. The van der Waals surface area contributed by atoms with Gasteiger partial charge < -0.3 is 19.5 Å². The highest BCUT2D eigenvalue weighted by atomic mass is 32.2. The van der Waals surface area contributed by atoms with Gasteiger partial charge >= 0.3 is 0 Å². The summed E-state index contributed by atoms with van der Waals surface area (Å²) < 4.78 is 43.6. The Morgan fingerprint density at radius 1 is 1.00 bits per heavy atom. The van der Waals surface area contributed by atoms with Crippen molar-refractivity contribution >= 4 is 21.6 Å². The first-order valence-corrected chi connectivity index (χ1v) is 11.7. The molecule has 0 spiro atoms. The van der Waals surface area contributed by atoms with Crippen LogP contribution in [0.4, 0.5) is 5.69 Å². The van der Waals surface area contributed by atoms with Gasteiger partial charge in [0.15, 0.2) is 11.5 Å². The first-order valence-electron chi connectivity index (χ1n) is 10.3. The first kappa shape index (κ1) is 22.5. The van der Waals surface area contributed by atoms with Gasteiger partial charge in [0, 0.05) is 19.2 Å². The Bertz CT molecular complexity index is 1260. The summed E-state index contributed by atoms with van der Waals surface area (Å²) in [5, 5.41) is 2.82. The second-order valence-corrected chi connectivity index (χ2v) is 9.33. The van der Waals surface area contributed by atoms with Gasteiger partial charge in [0.2, 0.25) is 0 Å². The number of hydrogen-bond donors (Lipinski definition) is 1. The van der Waals surface area contributed by atoms with Crippen LogP contribution < -0.4 is 23.8 Å². The molecule has 1 aliphatic rings. The third kappa shape index (κ3) is 4.88. The molecule has 0 radical (unpaired) electrons. The number of anilines is 1. The molecule has 0 unspecified atom stereocenters. The highest BCUT2D eigenvalue weighted by molar-refractivity contribution is 7.92. The van der Waals surface area contributed by atoms with Gasteiger partial charge in [-0.05, 0) is 60.2 Å². The van der Waals surface area contributed by atoms with Crippen LogP contribution in [-0.2, 0) is 16.6 Å². The number of sulfonamides is 1. The molecule has 0 bridgehead atoms. The Morgan fingerprint density at radius 3 is 2.45 bits per heavy atom. The van der Waals surface area contributed by atoms with Crippen LogP contribution >= 0.6 is 0 Å². The molecule has 3 aromatic rings. The highest BCUT2D eigenvalue weighted by Gasteiger charge is 2.22. The van der Waals surface area contributed by atoms with Crippen molar-refractivity contribution in [2.24, 2.45) is 0 Å². The fraction of sp³-hybridized carbons (Fsp3) is 0.208. The number of amides is 1. The summed E-state index contributed by atoms with van der Waals surface area (Å²) in [7, 11) is -0.857. The number of methoxy groups -OCH3 is 1. The Hall–Kier alpha value is -3.72. The maximum Gasteiger partial charge on any atom is 0.264 e. The van der Waals surface area contributed by atoms with Crippen LogP contribution in [0.1, 0.15) is 15.9 Å². The number of hydrogen-bond acceptors (Lipinski definition) is 6. The lowest BCUT2D eigenvalue weighted by atomic mass is 10.1. The second kappa shape index (κ2) is 9.41. The molecule has 0 saturated carbocycles. The largest absolute Gasteiger partial charge is 0.497 e. The summed E-state index contributed by atoms with van der Waals surface area (Å²) in [6, 6.07) is 18.1.